The molecule has 0 aliphatic carbocycles. The van der Waals surface area contributed by atoms with E-state index in [0.717, 1.165) is 102 Å². The monoisotopic (exact) mass is 1470 g/mol. The number of aliphatic hydroxyl groups is 1. The van der Waals surface area contributed by atoms with Crippen LogP contribution in [0.25, 0.3) is 0 Å². The summed E-state index contributed by atoms with van der Waals surface area (Å²) in [6.45, 7) is 9.61. The summed E-state index contributed by atoms with van der Waals surface area (Å²) < 4.78 is 68.7. The maximum atomic E-state index is 13.1. The highest BCUT2D eigenvalue weighted by molar-refractivity contribution is 7.47. The second-order valence-corrected chi connectivity index (χ2v) is 33.0. The zero-order valence-corrected chi connectivity index (χ0v) is 67.3. The lowest BCUT2D eigenvalue weighted by atomic mass is 10.0. The van der Waals surface area contributed by atoms with Crippen molar-refractivity contribution in [1.82, 2.24) is 0 Å². The third-order valence-corrected chi connectivity index (χ3v) is 20.9. The molecule has 0 amide bonds. The molecular weight excluding hydrogens is 1310 g/mol. The van der Waals surface area contributed by atoms with Crippen molar-refractivity contribution in [2.45, 2.75) is 445 Å². The molecule has 0 spiro atoms. The standard InChI is InChI=1S/C81H158O17P2/c1-7-9-11-13-15-17-19-21-23-24-28-31-35-39-45-51-57-63-78(83)91-69-76(97-80(85)66-60-54-47-41-37-33-29-25-27-30-34-38-43-49-55-61-73(3)4)71-95-99(87,88)93-67-75(82)68-94-100(89,90)96-72-77(70-92-79(84)64-58-52-48-42-44-50-56-62-74(5)6)98-81(86)65-59-53-46-40-36-32-26-22-20-18-16-14-12-10-8-2/h73-77,82H,7-72H2,1-6H3,(H,87,88)(H,89,90)/t75-,76-,77-/m1/s1. The van der Waals surface area contributed by atoms with Gasteiger partial charge in [0.2, 0.25) is 0 Å². The van der Waals surface area contributed by atoms with E-state index in [1.165, 1.54) is 238 Å². The topological polar surface area (TPSA) is 237 Å². The van der Waals surface area contributed by atoms with Gasteiger partial charge in [-0.15, -0.1) is 0 Å². The summed E-state index contributed by atoms with van der Waals surface area (Å²) in [6, 6.07) is 0. The van der Waals surface area contributed by atoms with Gasteiger partial charge in [0.15, 0.2) is 12.2 Å². The largest absolute Gasteiger partial charge is 0.472 e. The van der Waals surface area contributed by atoms with E-state index in [2.05, 4.69) is 41.5 Å². The Morgan fingerprint density at radius 1 is 0.270 bits per heavy atom. The van der Waals surface area contributed by atoms with E-state index in [0.29, 0.717) is 31.6 Å². The first-order valence-corrected chi connectivity index (χ1v) is 45.0. The highest BCUT2D eigenvalue weighted by Crippen LogP contribution is 2.45. The van der Waals surface area contributed by atoms with E-state index in [4.69, 9.17) is 37.0 Å². The summed E-state index contributed by atoms with van der Waals surface area (Å²) >= 11 is 0. The summed E-state index contributed by atoms with van der Waals surface area (Å²) in [5.74, 6) is -0.600. The lowest BCUT2D eigenvalue weighted by Crippen LogP contribution is -2.30. The molecule has 0 saturated heterocycles. The molecule has 0 aliphatic heterocycles. The Balaban J connectivity index is 5.24. The van der Waals surface area contributed by atoms with Crippen molar-refractivity contribution in [3.63, 3.8) is 0 Å². The maximum Gasteiger partial charge on any atom is 0.472 e. The Morgan fingerprint density at radius 2 is 0.460 bits per heavy atom. The van der Waals surface area contributed by atoms with E-state index >= 15 is 0 Å². The van der Waals surface area contributed by atoms with Crippen molar-refractivity contribution in [2.75, 3.05) is 39.6 Å². The maximum absolute atomic E-state index is 13.1. The third-order valence-electron chi connectivity index (χ3n) is 19.0. The van der Waals surface area contributed by atoms with Gasteiger partial charge in [0.1, 0.15) is 19.3 Å². The van der Waals surface area contributed by atoms with Crippen molar-refractivity contribution >= 4 is 39.5 Å². The van der Waals surface area contributed by atoms with Gasteiger partial charge in [-0.3, -0.25) is 37.3 Å². The molecule has 0 heterocycles. The quantitative estimate of drug-likeness (QED) is 0.0222. The van der Waals surface area contributed by atoms with Gasteiger partial charge in [-0.05, 0) is 37.5 Å². The van der Waals surface area contributed by atoms with Crippen LogP contribution < -0.4 is 0 Å². The molecule has 100 heavy (non-hydrogen) atoms. The number of phosphoric acid groups is 2. The van der Waals surface area contributed by atoms with Gasteiger partial charge in [0.25, 0.3) is 0 Å². The highest BCUT2D eigenvalue weighted by Gasteiger charge is 2.30. The summed E-state index contributed by atoms with van der Waals surface area (Å²) in [5, 5.41) is 10.6. The fourth-order valence-corrected chi connectivity index (χ4v) is 14.1. The second kappa shape index (κ2) is 72.6. The summed E-state index contributed by atoms with van der Waals surface area (Å²) in [5.41, 5.74) is 0. The van der Waals surface area contributed by atoms with Gasteiger partial charge in [-0.2, -0.15) is 0 Å². The number of carbonyl (C=O) groups is 4. The van der Waals surface area contributed by atoms with Crippen LogP contribution in [-0.4, -0.2) is 96.7 Å². The first kappa shape index (κ1) is 98.1. The number of hydrogen-bond donors (Lipinski definition) is 3. The molecule has 0 aromatic rings. The molecule has 0 bridgehead atoms. The van der Waals surface area contributed by atoms with Crippen molar-refractivity contribution < 1.29 is 80.2 Å². The first-order chi connectivity index (χ1) is 48.4. The van der Waals surface area contributed by atoms with Crippen molar-refractivity contribution in [2.24, 2.45) is 11.8 Å². The molecule has 0 fully saturated rings. The Kier molecular flexibility index (Phi) is 71.2. The summed E-state index contributed by atoms with van der Waals surface area (Å²) in [6.07, 6.45) is 62.5. The molecule has 0 aliphatic rings. The normalized spacial score (nSPS) is 13.9. The van der Waals surface area contributed by atoms with Crippen molar-refractivity contribution in [3.8, 4) is 0 Å². The van der Waals surface area contributed by atoms with Crippen LogP contribution in [0.1, 0.15) is 427 Å². The molecule has 2 unspecified atom stereocenters. The molecule has 3 N–H and O–H groups in total. The number of ether oxygens (including phenoxy) is 4. The highest BCUT2D eigenvalue weighted by atomic mass is 31.2. The number of aliphatic hydroxyl groups excluding tert-OH is 1. The average molecular weight is 1470 g/mol. The van der Waals surface area contributed by atoms with Gasteiger partial charge in [-0.1, -0.05) is 375 Å². The second-order valence-electron chi connectivity index (χ2n) is 30.1. The molecule has 0 rings (SSSR count). The Morgan fingerprint density at radius 3 is 0.680 bits per heavy atom. The van der Waals surface area contributed by atoms with Crippen LogP contribution in [0.2, 0.25) is 0 Å². The van der Waals surface area contributed by atoms with Crippen LogP contribution in [0.4, 0.5) is 0 Å². The van der Waals surface area contributed by atoms with Crippen LogP contribution in [0.3, 0.4) is 0 Å². The van der Waals surface area contributed by atoms with Gasteiger partial charge >= 0.3 is 39.5 Å². The van der Waals surface area contributed by atoms with Crippen LogP contribution in [-0.2, 0) is 65.4 Å². The van der Waals surface area contributed by atoms with Crippen LogP contribution in [0.5, 0.6) is 0 Å². The zero-order chi connectivity index (χ0) is 73.5. The number of carbonyl (C=O) groups excluding carboxylic acids is 4. The van der Waals surface area contributed by atoms with Gasteiger partial charge in [0.05, 0.1) is 26.4 Å². The van der Waals surface area contributed by atoms with E-state index < -0.39 is 97.5 Å². The number of esters is 4. The molecule has 0 aromatic carbocycles. The minimum atomic E-state index is -4.96. The van der Waals surface area contributed by atoms with Crippen LogP contribution in [0.15, 0.2) is 0 Å². The van der Waals surface area contributed by atoms with E-state index in [1.54, 1.807) is 0 Å². The first-order valence-electron chi connectivity index (χ1n) is 42.0. The van der Waals surface area contributed by atoms with Crippen molar-refractivity contribution in [3.05, 3.63) is 0 Å². The van der Waals surface area contributed by atoms with E-state index in [-0.39, 0.29) is 25.7 Å². The Labute approximate surface area is 613 Å². The molecule has 5 atom stereocenters. The number of phosphoric ester groups is 2. The number of unbranched alkanes of at least 4 members (excludes halogenated alkanes) is 50. The van der Waals surface area contributed by atoms with Crippen LogP contribution >= 0.6 is 15.6 Å². The molecular formula is C81H158O17P2. The minimum Gasteiger partial charge on any atom is -0.462 e. The Bertz CT molecular complexity index is 1920. The lowest BCUT2D eigenvalue weighted by Gasteiger charge is -2.21. The zero-order valence-electron chi connectivity index (χ0n) is 65.5. The number of rotatable bonds is 80. The van der Waals surface area contributed by atoms with E-state index in [1.807, 2.05) is 0 Å². The predicted molar refractivity (Wildman–Crippen MR) is 409 cm³/mol. The lowest BCUT2D eigenvalue weighted by molar-refractivity contribution is -0.161. The SMILES string of the molecule is CCCCCCCCCCCCCCCCCCCC(=O)OC[C@H](COP(=O)(O)OC[C@@H](O)COP(=O)(O)OC[C@@H](COC(=O)CCCCCCCCCC(C)C)OC(=O)CCCCCCCCCCCCCCCCC)OC(=O)CCCCCCCCCCCCCCCCCC(C)C. The molecule has 0 aromatic heterocycles. The van der Waals surface area contributed by atoms with E-state index in [9.17, 15) is 43.2 Å². The smallest absolute Gasteiger partial charge is 0.462 e. The molecule has 17 nitrogen and oxygen atoms in total. The summed E-state index contributed by atoms with van der Waals surface area (Å²) in [4.78, 5) is 73.0. The fourth-order valence-electron chi connectivity index (χ4n) is 12.5. The molecule has 0 saturated carbocycles. The molecule has 0 radical (unpaired) electrons. The van der Waals surface area contributed by atoms with Gasteiger partial charge in [0, 0.05) is 25.7 Å². The minimum absolute atomic E-state index is 0.108. The average Bonchev–Trinajstić information content (AvgIpc) is 1.00. The number of hydrogen-bond acceptors (Lipinski definition) is 15. The third kappa shape index (κ3) is 74.3. The molecule has 594 valence electrons. The fraction of sp³-hybridized carbons (Fsp3) is 0.951. The Hall–Kier alpha value is -1.94. The summed E-state index contributed by atoms with van der Waals surface area (Å²) in [7, 11) is -9.92. The van der Waals surface area contributed by atoms with Crippen molar-refractivity contribution in [1.29, 1.82) is 0 Å². The van der Waals surface area contributed by atoms with Gasteiger partial charge in [-0.25, -0.2) is 9.13 Å². The van der Waals surface area contributed by atoms with Gasteiger partial charge < -0.3 is 33.8 Å². The molecule has 19 heteroatoms. The van der Waals surface area contributed by atoms with Crippen LogP contribution in [0, 0.1) is 11.8 Å². The predicted octanol–water partition coefficient (Wildman–Crippen LogP) is 24.3.